The Labute approximate surface area is 171 Å². The van der Waals surface area contributed by atoms with Crippen LogP contribution >= 0.6 is 0 Å². The predicted molar refractivity (Wildman–Crippen MR) is 109 cm³/mol. The second-order valence-corrected chi connectivity index (χ2v) is 6.21. The van der Waals surface area contributed by atoms with E-state index in [9.17, 15) is 18.0 Å². The number of benzene rings is 3. The number of carbonyl (C=O) groups is 1. The molecule has 5 nitrogen and oxygen atoms in total. The van der Waals surface area contributed by atoms with Gasteiger partial charge in [-0.1, -0.05) is 36.4 Å². The summed E-state index contributed by atoms with van der Waals surface area (Å²) in [6.07, 6.45) is -3.00. The van der Waals surface area contributed by atoms with Crippen LogP contribution in [-0.4, -0.2) is 18.7 Å². The molecule has 0 radical (unpaired) electrons. The summed E-state index contributed by atoms with van der Waals surface area (Å²) in [5.74, 6) is 0.809. The molecule has 0 heterocycles. The number of halogens is 3. The molecular weight excluding hydrogens is 395 g/mol. The molecule has 0 aliphatic heterocycles. The third-order valence-electron chi connectivity index (χ3n) is 3.88. The first kappa shape index (κ1) is 20.9. The van der Waals surface area contributed by atoms with Gasteiger partial charge in [-0.2, -0.15) is 18.3 Å². The molecule has 0 saturated heterocycles. The summed E-state index contributed by atoms with van der Waals surface area (Å²) in [4.78, 5) is 11.9. The lowest BCUT2D eigenvalue weighted by molar-refractivity contribution is -0.137. The van der Waals surface area contributed by atoms with Crippen molar-refractivity contribution in [3.8, 4) is 11.5 Å². The minimum absolute atomic E-state index is 0.190. The van der Waals surface area contributed by atoms with E-state index in [-0.39, 0.29) is 12.2 Å². The van der Waals surface area contributed by atoms with Gasteiger partial charge in [-0.15, -0.1) is 0 Å². The Hall–Kier alpha value is -3.81. The zero-order valence-corrected chi connectivity index (χ0v) is 15.7. The summed E-state index contributed by atoms with van der Waals surface area (Å²) < 4.78 is 43.9. The standard InChI is InChI=1S/C22H18F3N3O2/c23-22(24,25)17-7-5-8-18(13-17)26-15-21(29)28-27-14-16-6-4-11-20(12-16)30-19-9-2-1-3-10-19/h1-14,26H,15H2,(H,28,29)/b27-14-. The molecule has 1 amide bonds. The zero-order valence-electron chi connectivity index (χ0n) is 15.7. The molecule has 2 N–H and O–H groups in total. The van der Waals surface area contributed by atoms with Crippen LogP contribution in [0.2, 0.25) is 0 Å². The molecule has 8 heteroatoms. The van der Waals surface area contributed by atoms with E-state index >= 15 is 0 Å². The number of para-hydroxylation sites is 1. The smallest absolute Gasteiger partial charge is 0.416 e. The van der Waals surface area contributed by atoms with Crippen LogP contribution in [0.25, 0.3) is 0 Å². The van der Waals surface area contributed by atoms with Crippen LogP contribution < -0.4 is 15.5 Å². The fourth-order valence-electron chi connectivity index (χ4n) is 2.49. The molecule has 0 aliphatic rings. The topological polar surface area (TPSA) is 62.7 Å². The van der Waals surface area contributed by atoms with Crippen molar-refractivity contribution >= 4 is 17.8 Å². The predicted octanol–water partition coefficient (Wildman–Crippen LogP) is 5.06. The number of hydrogen-bond acceptors (Lipinski definition) is 4. The molecule has 0 aliphatic carbocycles. The molecule has 0 saturated carbocycles. The highest BCUT2D eigenvalue weighted by molar-refractivity contribution is 5.84. The van der Waals surface area contributed by atoms with E-state index in [1.54, 1.807) is 24.3 Å². The molecule has 0 bridgehead atoms. The van der Waals surface area contributed by atoms with Crippen molar-refractivity contribution in [2.45, 2.75) is 6.18 Å². The molecule has 3 aromatic rings. The minimum atomic E-state index is -4.44. The number of amides is 1. The summed E-state index contributed by atoms with van der Waals surface area (Å²) in [5.41, 5.74) is 2.42. The SMILES string of the molecule is O=C(CNc1cccc(C(F)(F)F)c1)N/N=C\c1cccc(Oc2ccccc2)c1. The van der Waals surface area contributed by atoms with Gasteiger partial charge in [0.15, 0.2) is 0 Å². The first-order valence-electron chi connectivity index (χ1n) is 8.96. The normalized spacial score (nSPS) is 11.3. The largest absolute Gasteiger partial charge is 0.457 e. The summed E-state index contributed by atoms with van der Waals surface area (Å²) >= 11 is 0. The van der Waals surface area contributed by atoms with Gasteiger partial charge >= 0.3 is 6.18 Å². The number of alkyl halides is 3. The van der Waals surface area contributed by atoms with Gasteiger partial charge in [-0.3, -0.25) is 4.79 Å². The summed E-state index contributed by atoms with van der Waals surface area (Å²) in [5, 5.41) is 6.49. The monoisotopic (exact) mass is 413 g/mol. The van der Waals surface area contributed by atoms with Gasteiger partial charge < -0.3 is 10.1 Å². The third-order valence-corrected chi connectivity index (χ3v) is 3.88. The molecule has 3 aromatic carbocycles. The maximum absolute atomic E-state index is 12.7. The Bertz CT molecular complexity index is 1020. The highest BCUT2D eigenvalue weighted by atomic mass is 19.4. The molecule has 0 spiro atoms. The van der Waals surface area contributed by atoms with Crippen molar-refractivity contribution in [2.24, 2.45) is 5.10 Å². The Morgan fingerprint density at radius 2 is 1.67 bits per heavy atom. The fraction of sp³-hybridized carbons (Fsp3) is 0.0909. The van der Waals surface area contributed by atoms with Gasteiger partial charge in [0, 0.05) is 5.69 Å². The average molecular weight is 413 g/mol. The van der Waals surface area contributed by atoms with Gasteiger partial charge in [-0.05, 0) is 48.0 Å². The van der Waals surface area contributed by atoms with Crippen LogP contribution in [0, 0.1) is 0 Å². The van der Waals surface area contributed by atoms with Crippen molar-refractivity contribution in [3.05, 3.63) is 90.0 Å². The first-order chi connectivity index (χ1) is 14.4. The molecule has 0 aromatic heterocycles. The van der Waals surface area contributed by atoms with Crippen LogP contribution in [0.15, 0.2) is 84.0 Å². The quantitative estimate of drug-likeness (QED) is 0.420. The van der Waals surface area contributed by atoms with E-state index in [2.05, 4.69) is 15.8 Å². The molecule has 0 atom stereocenters. The van der Waals surface area contributed by atoms with Crippen molar-refractivity contribution in [1.82, 2.24) is 5.43 Å². The Balaban J connectivity index is 1.51. The molecule has 30 heavy (non-hydrogen) atoms. The van der Waals surface area contributed by atoms with Crippen molar-refractivity contribution in [2.75, 3.05) is 11.9 Å². The summed E-state index contributed by atoms with van der Waals surface area (Å²) in [7, 11) is 0. The molecular formula is C22H18F3N3O2. The Morgan fingerprint density at radius 3 is 2.43 bits per heavy atom. The van der Waals surface area contributed by atoms with Crippen molar-refractivity contribution in [1.29, 1.82) is 0 Å². The Kier molecular flexibility index (Phi) is 6.69. The maximum Gasteiger partial charge on any atom is 0.416 e. The lowest BCUT2D eigenvalue weighted by atomic mass is 10.2. The summed E-state index contributed by atoms with van der Waals surface area (Å²) in [6.45, 7) is -0.226. The van der Waals surface area contributed by atoms with Gasteiger partial charge in [0.2, 0.25) is 0 Å². The van der Waals surface area contributed by atoms with Gasteiger partial charge in [0.25, 0.3) is 5.91 Å². The molecule has 0 unspecified atom stereocenters. The number of hydrogen-bond donors (Lipinski definition) is 2. The lowest BCUT2D eigenvalue weighted by Crippen LogP contribution is -2.26. The maximum atomic E-state index is 12.7. The van der Waals surface area contributed by atoms with Gasteiger partial charge in [0.05, 0.1) is 18.3 Å². The number of anilines is 1. The van der Waals surface area contributed by atoms with Crippen molar-refractivity contribution < 1.29 is 22.7 Å². The molecule has 0 fully saturated rings. The second kappa shape index (κ2) is 9.60. The summed E-state index contributed by atoms with van der Waals surface area (Å²) in [6, 6.07) is 21.0. The highest BCUT2D eigenvalue weighted by Gasteiger charge is 2.30. The van der Waals surface area contributed by atoms with E-state index in [4.69, 9.17) is 4.74 Å². The number of nitrogens with zero attached hydrogens (tertiary/aromatic N) is 1. The van der Waals surface area contributed by atoms with E-state index in [0.717, 1.165) is 12.1 Å². The third kappa shape index (κ3) is 6.37. The minimum Gasteiger partial charge on any atom is -0.457 e. The van der Waals surface area contributed by atoms with E-state index in [0.29, 0.717) is 17.1 Å². The zero-order chi connectivity index (χ0) is 21.4. The average Bonchev–Trinajstić information content (AvgIpc) is 2.73. The number of hydrazone groups is 1. The second-order valence-electron chi connectivity index (χ2n) is 6.21. The number of ether oxygens (including phenoxy) is 1. The van der Waals surface area contributed by atoms with Crippen LogP contribution in [0.4, 0.5) is 18.9 Å². The Morgan fingerprint density at radius 1 is 0.933 bits per heavy atom. The van der Waals surface area contributed by atoms with Crippen molar-refractivity contribution in [3.63, 3.8) is 0 Å². The van der Waals surface area contributed by atoms with Crippen LogP contribution in [-0.2, 0) is 11.0 Å². The molecule has 154 valence electrons. The van der Waals surface area contributed by atoms with Crippen LogP contribution in [0.5, 0.6) is 11.5 Å². The van der Waals surface area contributed by atoms with Gasteiger partial charge in [-0.25, -0.2) is 5.43 Å². The van der Waals surface area contributed by atoms with Crippen LogP contribution in [0.3, 0.4) is 0 Å². The number of carbonyl (C=O) groups excluding carboxylic acids is 1. The first-order valence-corrected chi connectivity index (χ1v) is 8.96. The number of nitrogens with one attached hydrogen (secondary N) is 2. The lowest BCUT2D eigenvalue weighted by Gasteiger charge is -2.10. The van der Waals surface area contributed by atoms with E-state index < -0.39 is 17.6 Å². The van der Waals surface area contributed by atoms with Crippen LogP contribution in [0.1, 0.15) is 11.1 Å². The van der Waals surface area contributed by atoms with Gasteiger partial charge in [0.1, 0.15) is 11.5 Å². The highest BCUT2D eigenvalue weighted by Crippen LogP contribution is 2.30. The fourth-order valence-corrected chi connectivity index (χ4v) is 2.49. The molecule has 3 rings (SSSR count). The van der Waals surface area contributed by atoms with E-state index in [1.165, 1.54) is 18.3 Å². The van der Waals surface area contributed by atoms with E-state index in [1.807, 2.05) is 30.3 Å². The number of rotatable bonds is 7.